The fourth-order valence-corrected chi connectivity index (χ4v) is 3.11. The van der Waals surface area contributed by atoms with Crippen molar-refractivity contribution in [2.24, 2.45) is 7.05 Å². The standard InChI is InChI=1S/C17H17N5OS/c1-12-8-10-14(11-9-12)18-16(23)15(13-6-4-3-5-7-13)24-17-19-20-21-22(17)2/h3-11,15H,1-2H3,(H,18,23)/t15-/m0/s1. The highest BCUT2D eigenvalue weighted by molar-refractivity contribution is 8.00. The minimum Gasteiger partial charge on any atom is -0.325 e. The molecule has 3 aromatic rings. The molecule has 0 saturated carbocycles. The van der Waals surface area contributed by atoms with Gasteiger partial charge in [0.2, 0.25) is 11.1 Å². The molecule has 6 nitrogen and oxygen atoms in total. The van der Waals surface area contributed by atoms with E-state index in [0.29, 0.717) is 5.16 Å². The van der Waals surface area contributed by atoms with Gasteiger partial charge in [0, 0.05) is 12.7 Å². The maximum atomic E-state index is 12.8. The Morgan fingerprint density at radius 1 is 1.12 bits per heavy atom. The fraction of sp³-hybridized carbons (Fsp3) is 0.176. The number of thioether (sulfide) groups is 1. The number of carbonyl (C=O) groups excluding carboxylic acids is 1. The predicted molar refractivity (Wildman–Crippen MR) is 93.6 cm³/mol. The third-order valence-electron chi connectivity index (χ3n) is 3.46. The fourth-order valence-electron chi connectivity index (χ4n) is 2.17. The second kappa shape index (κ2) is 7.27. The van der Waals surface area contributed by atoms with Crippen molar-refractivity contribution in [1.82, 2.24) is 20.2 Å². The van der Waals surface area contributed by atoms with Gasteiger partial charge in [0.1, 0.15) is 5.25 Å². The molecule has 0 aliphatic rings. The number of hydrogen-bond acceptors (Lipinski definition) is 5. The molecular formula is C17H17N5OS. The molecule has 2 aromatic carbocycles. The van der Waals surface area contributed by atoms with Crippen molar-refractivity contribution in [2.75, 3.05) is 5.32 Å². The van der Waals surface area contributed by atoms with Gasteiger partial charge in [-0.15, -0.1) is 5.10 Å². The molecule has 1 aromatic heterocycles. The molecule has 0 spiro atoms. The van der Waals surface area contributed by atoms with Gasteiger partial charge in [-0.25, -0.2) is 4.68 Å². The number of amides is 1. The van der Waals surface area contributed by atoms with Crippen LogP contribution in [0.2, 0.25) is 0 Å². The molecule has 0 aliphatic heterocycles. The van der Waals surface area contributed by atoms with Crippen molar-refractivity contribution in [1.29, 1.82) is 0 Å². The minimum atomic E-state index is -0.447. The topological polar surface area (TPSA) is 72.7 Å². The molecule has 7 heteroatoms. The number of hydrogen-bond donors (Lipinski definition) is 1. The highest BCUT2D eigenvalue weighted by Crippen LogP contribution is 2.34. The smallest absolute Gasteiger partial charge is 0.242 e. The van der Waals surface area contributed by atoms with Crippen LogP contribution >= 0.6 is 11.8 Å². The Morgan fingerprint density at radius 2 is 1.83 bits per heavy atom. The van der Waals surface area contributed by atoms with E-state index in [2.05, 4.69) is 20.8 Å². The molecule has 0 fully saturated rings. The first kappa shape index (κ1) is 16.2. The van der Waals surface area contributed by atoms with Crippen LogP contribution in [-0.2, 0) is 11.8 Å². The molecule has 1 N–H and O–H groups in total. The number of aryl methyl sites for hydroxylation is 2. The van der Waals surface area contributed by atoms with Gasteiger partial charge in [0.25, 0.3) is 0 Å². The molecule has 0 aliphatic carbocycles. The summed E-state index contributed by atoms with van der Waals surface area (Å²) in [6.45, 7) is 2.01. The average molecular weight is 339 g/mol. The van der Waals surface area contributed by atoms with E-state index in [1.807, 2.05) is 61.5 Å². The summed E-state index contributed by atoms with van der Waals surface area (Å²) in [7, 11) is 1.75. The van der Waals surface area contributed by atoms with Gasteiger partial charge < -0.3 is 5.32 Å². The average Bonchev–Trinajstić information content (AvgIpc) is 3.00. The quantitative estimate of drug-likeness (QED) is 0.724. The Bertz CT molecular complexity index is 817. The monoisotopic (exact) mass is 339 g/mol. The third kappa shape index (κ3) is 3.80. The van der Waals surface area contributed by atoms with Crippen LogP contribution in [0.25, 0.3) is 0 Å². The number of aromatic nitrogens is 4. The molecule has 0 bridgehead atoms. The summed E-state index contributed by atoms with van der Waals surface area (Å²) in [6.07, 6.45) is 0. The van der Waals surface area contributed by atoms with Crippen LogP contribution in [0, 0.1) is 6.92 Å². The van der Waals surface area contributed by atoms with Crippen molar-refractivity contribution >= 4 is 23.4 Å². The molecule has 0 saturated heterocycles. The van der Waals surface area contributed by atoms with Crippen molar-refractivity contribution in [3.8, 4) is 0 Å². The minimum absolute atomic E-state index is 0.113. The summed E-state index contributed by atoms with van der Waals surface area (Å²) in [5, 5.41) is 14.5. The number of rotatable bonds is 5. The van der Waals surface area contributed by atoms with Gasteiger partial charge in [-0.2, -0.15) is 0 Å². The summed E-state index contributed by atoms with van der Waals surface area (Å²) in [4.78, 5) is 12.8. The van der Waals surface area contributed by atoms with Crippen LogP contribution in [0.5, 0.6) is 0 Å². The number of nitrogens with one attached hydrogen (secondary N) is 1. The number of benzene rings is 2. The molecule has 24 heavy (non-hydrogen) atoms. The van der Waals surface area contributed by atoms with Gasteiger partial charge in [-0.3, -0.25) is 4.79 Å². The van der Waals surface area contributed by atoms with E-state index in [-0.39, 0.29) is 5.91 Å². The molecule has 122 valence electrons. The Kier molecular flexibility index (Phi) is 4.90. The van der Waals surface area contributed by atoms with E-state index in [1.165, 1.54) is 11.8 Å². The number of anilines is 1. The van der Waals surface area contributed by atoms with Crippen molar-refractivity contribution in [3.05, 3.63) is 65.7 Å². The maximum absolute atomic E-state index is 12.8. The number of carbonyl (C=O) groups is 1. The summed E-state index contributed by atoms with van der Waals surface area (Å²) in [5.74, 6) is -0.113. The lowest BCUT2D eigenvalue weighted by atomic mass is 10.1. The lowest BCUT2D eigenvalue weighted by Crippen LogP contribution is -2.19. The SMILES string of the molecule is Cc1ccc(NC(=O)[C@@H](Sc2nnnn2C)c2ccccc2)cc1. The van der Waals surface area contributed by atoms with Gasteiger partial charge in [-0.1, -0.05) is 59.8 Å². The second-order valence-electron chi connectivity index (χ2n) is 5.35. The molecule has 3 rings (SSSR count). The zero-order valence-corrected chi connectivity index (χ0v) is 14.2. The first-order chi connectivity index (χ1) is 11.6. The van der Waals surface area contributed by atoms with Gasteiger partial charge in [0.15, 0.2) is 0 Å². The van der Waals surface area contributed by atoms with E-state index in [0.717, 1.165) is 16.8 Å². The largest absolute Gasteiger partial charge is 0.325 e. The Morgan fingerprint density at radius 3 is 2.46 bits per heavy atom. The number of nitrogens with zero attached hydrogens (tertiary/aromatic N) is 4. The van der Waals surface area contributed by atoms with Crippen LogP contribution in [0.3, 0.4) is 0 Å². The molecular weight excluding hydrogens is 322 g/mol. The first-order valence-electron chi connectivity index (χ1n) is 7.45. The zero-order chi connectivity index (χ0) is 16.9. The Balaban J connectivity index is 1.85. The van der Waals surface area contributed by atoms with E-state index < -0.39 is 5.25 Å². The normalized spacial score (nSPS) is 11.9. The highest BCUT2D eigenvalue weighted by atomic mass is 32.2. The van der Waals surface area contributed by atoms with Crippen LogP contribution in [0.15, 0.2) is 59.8 Å². The molecule has 1 heterocycles. The van der Waals surface area contributed by atoms with E-state index in [9.17, 15) is 4.79 Å². The van der Waals surface area contributed by atoms with Crippen molar-refractivity contribution in [3.63, 3.8) is 0 Å². The summed E-state index contributed by atoms with van der Waals surface area (Å²) in [5.41, 5.74) is 2.81. The van der Waals surface area contributed by atoms with Crippen molar-refractivity contribution in [2.45, 2.75) is 17.3 Å². The highest BCUT2D eigenvalue weighted by Gasteiger charge is 2.24. The van der Waals surface area contributed by atoms with Crippen LogP contribution in [0.4, 0.5) is 5.69 Å². The Hall–Kier alpha value is -2.67. The van der Waals surface area contributed by atoms with E-state index in [4.69, 9.17) is 0 Å². The molecule has 0 unspecified atom stereocenters. The first-order valence-corrected chi connectivity index (χ1v) is 8.33. The summed E-state index contributed by atoms with van der Waals surface area (Å²) < 4.78 is 1.56. The lowest BCUT2D eigenvalue weighted by Gasteiger charge is -2.16. The molecule has 0 radical (unpaired) electrons. The van der Waals surface area contributed by atoms with Gasteiger partial charge in [-0.05, 0) is 35.0 Å². The van der Waals surface area contributed by atoms with Gasteiger partial charge >= 0.3 is 0 Å². The van der Waals surface area contributed by atoms with Crippen LogP contribution < -0.4 is 5.32 Å². The van der Waals surface area contributed by atoms with Crippen LogP contribution in [0.1, 0.15) is 16.4 Å². The predicted octanol–water partition coefficient (Wildman–Crippen LogP) is 2.99. The Labute approximate surface area is 144 Å². The van der Waals surface area contributed by atoms with Crippen LogP contribution in [-0.4, -0.2) is 26.1 Å². The summed E-state index contributed by atoms with van der Waals surface area (Å²) in [6, 6.07) is 17.3. The van der Waals surface area contributed by atoms with E-state index in [1.54, 1.807) is 11.7 Å². The third-order valence-corrected chi connectivity index (χ3v) is 4.74. The molecule has 1 atom stereocenters. The zero-order valence-electron chi connectivity index (χ0n) is 13.4. The summed E-state index contributed by atoms with van der Waals surface area (Å²) >= 11 is 1.32. The number of tetrazole rings is 1. The second-order valence-corrected chi connectivity index (χ2v) is 6.42. The van der Waals surface area contributed by atoms with Crippen molar-refractivity contribution < 1.29 is 4.79 Å². The molecule has 1 amide bonds. The maximum Gasteiger partial charge on any atom is 0.242 e. The lowest BCUT2D eigenvalue weighted by molar-refractivity contribution is -0.115. The van der Waals surface area contributed by atoms with E-state index >= 15 is 0 Å². The van der Waals surface area contributed by atoms with Gasteiger partial charge in [0.05, 0.1) is 0 Å².